The Labute approximate surface area is 127 Å². The fraction of sp³-hybridized carbons (Fsp3) is 0.500. The van der Waals surface area contributed by atoms with Gasteiger partial charge in [0.25, 0.3) is 0 Å². The number of ether oxygens (including phenoxy) is 1. The molecule has 1 heterocycles. The van der Waals surface area contributed by atoms with Crippen LogP contribution in [0.25, 0.3) is 5.57 Å². The van der Waals surface area contributed by atoms with E-state index in [1.54, 1.807) is 0 Å². The number of rotatable bonds is 1. The standard InChI is InChI=1S/C18H25NO2/c1-6-14-15-11-9-8-10-13(15)12-19(16(14)7-2)17(20)21-18(3,4)5/h6,8-11,16H,7,12H2,1-5H3/b14-6-/t16-/m0/s1. The summed E-state index contributed by atoms with van der Waals surface area (Å²) in [5.41, 5.74) is 3.18. The van der Waals surface area contributed by atoms with E-state index >= 15 is 0 Å². The summed E-state index contributed by atoms with van der Waals surface area (Å²) in [6, 6.07) is 8.38. The number of hydrogen-bond acceptors (Lipinski definition) is 2. The zero-order chi connectivity index (χ0) is 15.6. The molecule has 114 valence electrons. The van der Waals surface area contributed by atoms with E-state index < -0.39 is 5.60 Å². The summed E-state index contributed by atoms with van der Waals surface area (Å²) in [5.74, 6) is 0. The van der Waals surface area contributed by atoms with E-state index in [9.17, 15) is 4.79 Å². The number of carbonyl (C=O) groups excluding carboxylic acids is 1. The lowest BCUT2D eigenvalue weighted by molar-refractivity contribution is 0.0176. The van der Waals surface area contributed by atoms with Gasteiger partial charge >= 0.3 is 6.09 Å². The fourth-order valence-electron chi connectivity index (χ4n) is 2.88. The summed E-state index contributed by atoms with van der Waals surface area (Å²) in [4.78, 5) is 14.4. The minimum absolute atomic E-state index is 0.0831. The Morgan fingerprint density at radius 2 is 2.05 bits per heavy atom. The minimum Gasteiger partial charge on any atom is -0.444 e. The fourth-order valence-corrected chi connectivity index (χ4v) is 2.88. The number of nitrogens with zero attached hydrogens (tertiary/aromatic N) is 1. The van der Waals surface area contributed by atoms with Gasteiger partial charge in [0.05, 0.1) is 12.6 Å². The van der Waals surface area contributed by atoms with E-state index in [4.69, 9.17) is 4.74 Å². The van der Waals surface area contributed by atoms with Crippen molar-refractivity contribution in [3.8, 4) is 0 Å². The second-order valence-corrected chi connectivity index (χ2v) is 6.43. The summed E-state index contributed by atoms with van der Waals surface area (Å²) in [5, 5.41) is 0. The largest absolute Gasteiger partial charge is 0.444 e. The first kappa shape index (κ1) is 15.6. The lowest BCUT2D eigenvalue weighted by Gasteiger charge is -2.39. The highest BCUT2D eigenvalue weighted by Gasteiger charge is 2.34. The highest BCUT2D eigenvalue weighted by Crippen LogP contribution is 2.34. The third kappa shape index (κ3) is 3.29. The van der Waals surface area contributed by atoms with E-state index in [1.165, 1.54) is 16.7 Å². The van der Waals surface area contributed by atoms with Crippen molar-refractivity contribution >= 4 is 11.7 Å². The maximum atomic E-state index is 12.5. The van der Waals surface area contributed by atoms with Crippen LogP contribution in [-0.4, -0.2) is 22.6 Å². The molecule has 0 saturated carbocycles. The van der Waals surface area contributed by atoms with Crippen LogP contribution in [0.5, 0.6) is 0 Å². The molecule has 3 heteroatoms. The predicted octanol–water partition coefficient (Wildman–Crippen LogP) is 4.62. The molecule has 0 spiro atoms. The lowest BCUT2D eigenvalue weighted by Crippen LogP contribution is -2.45. The van der Waals surface area contributed by atoms with Crippen LogP contribution in [0.4, 0.5) is 4.79 Å². The van der Waals surface area contributed by atoms with Gasteiger partial charge < -0.3 is 4.74 Å². The van der Waals surface area contributed by atoms with Gasteiger partial charge in [0.2, 0.25) is 0 Å². The monoisotopic (exact) mass is 287 g/mol. The average Bonchev–Trinajstić information content (AvgIpc) is 2.43. The summed E-state index contributed by atoms with van der Waals surface area (Å²) in [7, 11) is 0. The van der Waals surface area contributed by atoms with Gasteiger partial charge in [-0.1, -0.05) is 37.3 Å². The van der Waals surface area contributed by atoms with Crippen molar-refractivity contribution in [1.82, 2.24) is 4.90 Å². The molecule has 0 unspecified atom stereocenters. The predicted molar refractivity (Wildman–Crippen MR) is 85.9 cm³/mol. The molecule has 0 fully saturated rings. The summed E-state index contributed by atoms with van der Waals surface area (Å²) >= 11 is 0. The molecule has 21 heavy (non-hydrogen) atoms. The van der Waals surface area contributed by atoms with Crippen molar-refractivity contribution in [2.75, 3.05) is 0 Å². The second kappa shape index (κ2) is 5.92. The van der Waals surface area contributed by atoms with Crippen molar-refractivity contribution in [2.24, 2.45) is 0 Å². The van der Waals surface area contributed by atoms with Gasteiger partial charge in [-0.05, 0) is 50.8 Å². The van der Waals surface area contributed by atoms with Crippen LogP contribution >= 0.6 is 0 Å². The zero-order valence-electron chi connectivity index (χ0n) is 13.6. The number of carbonyl (C=O) groups is 1. The van der Waals surface area contributed by atoms with Crippen LogP contribution in [0.1, 0.15) is 52.2 Å². The Balaban J connectivity index is 2.38. The Hall–Kier alpha value is -1.77. The Bertz CT molecular complexity index is 555. The third-order valence-corrected chi connectivity index (χ3v) is 3.73. The maximum absolute atomic E-state index is 12.5. The highest BCUT2D eigenvalue weighted by atomic mass is 16.6. The molecular weight excluding hydrogens is 262 g/mol. The van der Waals surface area contributed by atoms with Gasteiger partial charge in [0, 0.05) is 0 Å². The topological polar surface area (TPSA) is 29.5 Å². The average molecular weight is 287 g/mol. The quantitative estimate of drug-likeness (QED) is 0.754. The van der Waals surface area contributed by atoms with E-state index in [0.29, 0.717) is 6.54 Å². The Morgan fingerprint density at radius 3 is 2.62 bits per heavy atom. The van der Waals surface area contributed by atoms with Crippen LogP contribution in [0.2, 0.25) is 0 Å². The number of hydrogen-bond donors (Lipinski definition) is 0. The highest BCUT2D eigenvalue weighted by molar-refractivity contribution is 5.80. The normalized spacial score (nSPS) is 20.3. The summed E-state index contributed by atoms with van der Waals surface area (Å²) in [6.07, 6.45) is 2.76. The van der Waals surface area contributed by atoms with Crippen molar-refractivity contribution in [1.29, 1.82) is 0 Å². The molecule has 0 N–H and O–H groups in total. The van der Waals surface area contributed by atoms with Crippen LogP contribution in [0, 0.1) is 0 Å². The van der Waals surface area contributed by atoms with Crippen molar-refractivity contribution in [3.05, 3.63) is 41.5 Å². The van der Waals surface area contributed by atoms with Gasteiger partial charge in [-0.25, -0.2) is 4.79 Å². The van der Waals surface area contributed by atoms with Crippen molar-refractivity contribution in [2.45, 2.75) is 59.2 Å². The van der Waals surface area contributed by atoms with Crippen molar-refractivity contribution in [3.63, 3.8) is 0 Å². The van der Waals surface area contributed by atoms with Crippen molar-refractivity contribution < 1.29 is 9.53 Å². The van der Waals surface area contributed by atoms with Gasteiger partial charge in [0.15, 0.2) is 0 Å². The first-order chi connectivity index (χ1) is 9.87. The molecule has 3 nitrogen and oxygen atoms in total. The van der Waals surface area contributed by atoms with Gasteiger partial charge in [-0.3, -0.25) is 4.90 Å². The van der Waals surface area contributed by atoms with E-state index in [0.717, 1.165) is 6.42 Å². The first-order valence-electron chi connectivity index (χ1n) is 7.61. The minimum atomic E-state index is -0.470. The van der Waals surface area contributed by atoms with Gasteiger partial charge in [-0.15, -0.1) is 0 Å². The summed E-state index contributed by atoms with van der Waals surface area (Å²) < 4.78 is 5.58. The Kier molecular flexibility index (Phi) is 4.40. The molecule has 0 aliphatic carbocycles. The molecule has 1 aliphatic rings. The maximum Gasteiger partial charge on any atom is 0.411 e. The molecule has 0 aromatic heterocycles. The molecule has 1 aliphatic heterocycles. The molecule has 2 rings (SSSR count). The molecular formula is C18H25NO2. The molecule has 1 aromatic carbocycles. The first-order valence-corrected chi connectivity index (χ1v) is 7.61. The van der Waals surface area contributed by atoms with E-state index in [1.807, 2.05) is 38.7 Å². The van der Waals surface area contributed by atoms with Crippen LogP contribution < -0.4 is 0 Å². The Morgan fingerprint density at radius 1 is 1.38 bits per heavy atom. The number of benzene rings is 1. The molecule has 1 atom stereocenters. The van der Waals surface area contributed by atoms with E-state index in [-0.39, 0.29) is 12.1 Å². The zero-order valence-corrected chi connectivity index (χ0v) is 13.6. The molecule has 0 bridgehead atoms. The lowest BCUT2D eigenvalue weighted by atomic mass is 9.87. The number of allylic oxidation sites excluding steroid dienone is 1. The van der Waals surface area contributed by atoms with E-state index in [2.05, 4.69) is 31.2 Å². The smallest absolute Gasteiger partial charge is 0.411 e. The van der Waals surface area contributed by atoms with Crippen LogP contribution in [-0.2, 0) is 11.3 Å². The molecule has 1 amide bonds. The molecule has 1 aromatic rings. The summed E-state index contributed by atoms with van der Waals surface area (Å²) in [6.45, 7) is 10.5. The van der Waals surface area contributed by atoms with Gasteiger partial charge in [-0.2, -0.15) is 0 Å². The van der Waals surface area contributed by atoms with Gasteiger partial charge in [0.1, 0.15) is 5.60 Å². The SMILES string of the molecule is C/C=C1/c2ccccc2CN(C(=O)OC(C)(C)C)[C@H]1CC. The number of fused-ring (bicyclic) bond motifs is 1. The molecule has 0 radical (unpaired) electrons. The molecule has 0 saturated heterocycles. The van der Waals surface area contributed by atoms with Crippen LogP contribution in [0.15, 0.2) is 30.3 Å². The number of amides is 1. The second-order valence-electron chi connectivity index (χ2n) is 6.43. The third-order valence-electron chi connectivity index (χ3n) is 3.73. The van der Waals surface area contributed by atoms with Crippen LogP contribution in [0.3, 0.4) is 0 Å².